The molecule has 0 radical (unpaired) electrons. The smallest absolute Gasteiger partial charge is 0.249 e. The van der Waals surface area contributed by atoms with E-state index in [1.54, 1.807) is 11.0 Å². The van der Waals surface area contributed by atoms with Crippen LogP contribution < -0.4 is 10.2 Å². The molecule has 0 saturated carbocycles. The van der Waals surface area contributed by atoms with Crippen molar-refractivity contribution in [3.05, 3.63) is 64.2 Å². The molecule has 1 fully saturated rings. The molecule has 0 aliphatic carbocycles. The molecule has 1 atom stereocenters. The van der Waals surface area contributed by atoms with E-state index in [-0.39, 0.29) is 18.2 Å². The highest BCUT2D eigenvalue weighted by Crippen LogP contribution is 2.24. The van der Waals surface area contributed by atoms with Gasteiger partial charge in [-0.1, -0.05) is 35.9 Å². The Balaban J connectivity index is 1.66. The van der Waals surface area contributed by atoms with Crippen LogP contribution in [0.25, 0.3) is 0 Å². The van der Waals surface area contributed by atoms with Crippen LogP contribution in [0.1, 0.15) is 23.1 Å². The maximum atomic E-state index is 12.7. The van der Waals surface area contributed by atoms with E-state index in [9.17, 15) is 9.59 Å². The van der Waals surface area contributed by atoms with Crippen LogP contribution in [0.15, 0.2) is 42.5 Å². The van der Waals surface area contributed by atoms with Crippen molar-refractivity contribution in [1.82, 2.24) is 5.32 Å². The van der Waals surface area contributed by atoms with Crippen molar-refractivity contribution in [2.24, 2.45) is 0 Å². The average Bonchev–Trinajstić information content (AvgIpc) is 2.89. The molecule has 4 nitrogen and oxygen atoms in total. The zero-order valence-electron chi connectivity index (χ0n) is 14.4. The first kappa shape index (κ1) is 17.5. The highest BCUT2D eigenvalue weighted by atomic mass is 35.5. The van der Waals surface area contributed by atoms with Gasteiger partial charge in [0.2, 0.25) is 11.8 Å². The third-order valence-corrected chi connectivity index (χ3v) is 4.74. The van der Waals surface area contributed by atoms with E-state index in [1.807, 2.05) is 44.2 Å². The molecule has 1 aliphatic heterocycles. The van der Waals surface area contributed by atoms with Gasteiger partial charge >= 0.3 is 0 Å². The lowest BCUT2D eigenvalue weighted by atomic mass is 10.1. The van der Waals surface area contributed by atoms with Crippen molar-refractivity contribution in [3.8, 4) is 0 Å². The zero-order valence-corrected chi connectivity index (χ0v) is 15.1. The summed E-state index contributed by atoms with van der Waals surface area (Å²) in [7, 11) is 0. The van der Waals surface area contributed by atoms with E-state index >= 15 is 0 Å². The second kappa shape index (κ2) is 7.28. The number of rotatable bonds is 4. The number of benzene rings is 2. The topological polar surface area (TPSA) is 49.4 Å². The molecule has 5 heteroatoms. The van der Waals surface area contributed by atoms with Crippen LogP contribution in [-0.4, -0.2) is 24.4 Å². The third-order valence-electron chi connectivity index (χ3n) is 4.37. The molecule has 1 aliphatic rings. The molecule has 0 aromatic heterocycles. The second-order valence-electron chi connectivity index (χ2n) is 6.51. The quantitative estimate of drug-likeness (QED) is 0.912. The zero-order chi connectivity index (χ0) is 18.0. The molecule has 0 spiro atoms. The van der Waals surface area contributed by atoms with Gasteiger partial charge in [0.1, 0.15) is 6.04 Å². The molecule has 2 aromatic carbocycles. The van der Waals surface area contributed by atoms with Crippen LogP contribution in [0.2, 0.25) is 5.02 Å². The van der Waals surface area contributed by atoms with Crippen molar-refractivity contribution >= 4 is 29.1 Å². The monoisotopic (exact) mass is 356 g/mol. The highest BCUT2D eigenvalue weighted by Gasteiger charge is 2.33. The Morgan fingerprint density at radius 3 is 2.56 bits per heavy atom. The number of nitrogens with zero attached hydrogens (tertiary/aromatic N) is 1. The Morgan fingerprint density at radius 1 is 1.20 bits per heavy atom. The Bertz CT molecular complexity index is 799. The Kier molecular flexibility index (Phi) is 5.09. The van der Waals surface area contributed by atoms with Gasteiger partial charge < -0.3 is 10.2 Å². The lowest BCUT2D eigenvalue weighted by molar-refractivity contribution is -0.126. The molecule has 2 amide bonds. The normalized spacial score (nSPS) is 17.0. The van der Waals surface area contributed by atoms with Crippen molar-refractivity contribution in [2.45, 2.75) is 32.7 Å². The average molecular weight is 357 g/mol. The van der Waals surface area contributed by atoms with Gasteiger partial charge in [-0.05, 0) is 55.2 Å². The predicted octanol–water partition coefficient (Wildman–Crippen LogP) is 3.42. The summed E-state index contributed by atoms with van der Waals surface area (Å²) in [6.07, 6.45) is 0.785. The molecule has 1 unspecified atom stereocenters. The molecule has 1 heterocycles. The fourth-order valence-corrected chi connectivity index (χ4v) is 3.44. The summed E-state index contributed by atoms with van der Waals surface area (Å²) >= 11 is 6.09. The minimum absolute atomic E-state index is 0.0579. The first-order valence-electron chi connectivity index (χ1n) is 8.36. The first-order valence-corrected chi connectivity index (χ1v) is 8.74. The van der Waals surface area contributed by atoms with Crippen molar-refractivity contribution in [2.75, 3.05) is 11.4 Å². The SMILES string of the molecule is Cc1cc(C)cc(N2CCC(NC(=O)Cc3ccccc3Cl)C2=O)c1. The van der Waals surface area contributed by atoms with Crippen LogP contribution >= 0.6 is 11.6 Å². The fraction of sp³-hybridized carbons (Fsp3) is 0.300. The lowest BCUT2D eigenvalue weighted by Gasteiger charge is -2.18. The lowest BCUT2D eigenvalue weighted by Crippen LogP contribution is -2.42. The van der Waals surface area contributed by atoms with Gasteiger partial charge in [-0.3, -0.25) is 9.59 Å². The summed E-state index contributed by atoms with van der Waals surface area (Å²) in [6.45, 7) is 4.64. The summed E-state index contributed by atoms with van der Waals surface area (Å²) < 4.78 is 0. The van der Waals surface area contributed by atoms with E-state index in [2.05, 4.69) is 11.4 Å². The fourth-order valence-electron chi connectivity index (χ4n) is 3.24. The number of carbonyl (C=O) groups is 2. The summed E-state index contributed by atoms with van der Waals surface area (Å²) in [6, 6.07) is 12.8. The van der Waals surface area contributed by atoms with Gasteiger partial charge in [0.25, 0.3) is 0 Å². The van der Waals surface area contributed by atoms with E-state index in [1.165, 1.54) is 0 Å². The number of nitrogens with one attached hydrogen (secondary N) is 1. The number of hydrogen-bond donors (Lipinski definition) is 1. The third kappa shape index (κ3) is 4.02. The van der Waals surface area contributed by atoms with Crippen molar-refractivity contribution < 1.29 is 9.59 Å². The molecule has 1 N–H and O–H groups in total. The van der Waals surface area contributed by atoms with Crippen LogP contribution in [0.5, 0.6) is 0 Å². The molecule has 1 saturated heterocycles. The number of carbonyl (C=O) groups excluding carboxylic acids is 2. The Hall–Kier alpha value is -2.33. The summed E-state index contributed by atoms with van der Waals surface area (Å²) in [4.78, 5) is 26.7. The molecule has 25 heavy (non-hydrogen) atoms. The van der Waals surface area contributed by atoms with Crippen molar-refractivity contribution in [3.63, 3.8) is 0 Å². The first-order chi connectivity index (χ1) is 11.9. The van der Waals surface area contributed by atoms with E-state index < -0.39 is 6.04 Å². The van der Waals surface area contributed by atoms with Gasteiger partial charge in [0.15, 0.2) is 0 Å². The van der Waals surface area contributed by atoms with Gasteiger partial charge in [0, 0.05) is 17.3 Å². The molecular formula is C20H21ClN2O2. The van der Waals surface area contributed by atoms with E-state index in [0.717, 1.165) is 22.4 Å². The minimum atomic E-state index is -0.476. The van der Waals surface area contributed by atoms with Crippen LogP contribution in [-0.2, 0) is 16.0 Å². The Labute approximate surface area is 152 Å². The van der Waals surface area contributed by atoms with Crippen molar-refractivity contribution in [1.29, 1.82) is 0 Å². The van der Waals surface area contributed by atoms with E-state index in [0.29, 0.717) is 18.0 Å². The van der Waals surface area contributed by atoms with Gasteiger partial charge in [-0.15, -0.1) is 0 Å². The van der Waals surface area contributed by atoms with Gasteiger partial charge in [-0.2, -0.15) is 0 Å². The molecule has 0 bridgehead atoms. The largest absolute Gasteiger partial charge is 0.344 e. The van der Waals surface area contributed by atoms with Crippen LogP contribution in [0.4, 0.5) is 5.69 Å². The van der Waals surface area contributed by atoms with E-state index in [4.69, 9.17) is 11.6 Å². The molecular weight excluding hydrogens is 336 g/mol. The number of halogens is 1. The summed E-state index contributed by atoms with van der Waals surface area (Å²) in [5.74, 6) is -0.244. The maximum Gasteiger partial charge on any atom is 0.249 e. The molecule has 3 rings (SSSR count). The van der Waals surface area contributed by atoms with Gasteiger partial charge in [-0.25, -0.2) is 0 Å². The maximum absolute atomic E-state index is 12.7. The molecule has 2 aromatic rings. The number of hydrogen-bond acceptors (Lipinski definition) is 2. The molecule has 130 valence electrons. The van der Waals surface area contributed by atoms with Crippen LogP contribution in [0, 0.1) is 13.8 Å². The summed E-state index contributed by atoms with van der Waals surface area (Å²) in [5, 5.41) is 3.41. The standard InChI is InChI=1S/C20H21ClN2O2/c1-13-9-14(2)11-16(10-13)23-8-7-18(20(23)25)22-19(24)12-15-5-3-4-6-17(15)21/h3-6,9-11,18H,7-8,12H2,1-2H3,(H,22,24). The Morgan fingerprint density at radius 2 is 1.88 bits per heavy atom. The number of amides is 2. The van der Waals surface area contributed by atoms with Crippen LogP contribution in [0.3, 0.4) is 0 Å². The predicted molar refractivity (Wildman–Crippen MR) is 100.0 cm³/mol. The minimum Gasteiger partial charge on any atom is -0.344 e. The second-order valence-corrected chi connectivity index (χ2v) is 6.92. The number of aryl methyl sites for hydroxylation is 2. The van der Waals surface area contributed by atoms with Gasteiger partial charge in [0.05, 0.1) is 6.42 Å². The number of anilines is 1. The summed E-state index contributed by atoms with van der Waals surface area (Å²) in [5.41, 5.74) is 3.90. The highest BCUT2D eigenvalue weighted by molar-refractivity contribution is 6.31.